The summed E-state index contributed by atoms with van der Waals surface area (Å²) in [6.07, 6.45) is 5.38. The molecule has 2 heterocycles. The number of primary amides is 1. The molecule has 2 aromatic rings. The Bertz CT molecular complexity index is 567. The minimum Gasteiger partial charge on any atom is -0.372 e. The highest BCUT2D eigenvalue weighted by atomic mass is 16.5. The largest absolute Gasteiger partial charge is 0.372 e. The number of anilines is 2. The van der Waals surface area contributed by atoms with Gasteiger partial charge in [0.1, 0.15) is 12.4 Å². The topological polar surface area (TPSA) is 107 Å². The third-order valence-corrected chi connectivity index (χ3v) is 2.41. The third kappa shape index (κ3) is 3.32. The lowest BCUT2D eigenvalue weighted by Gasteiger charge is -2.09. The van der Waals surface area contributed by atoms with E-state index in [0.29, 0.717) is 19.0 Å². The van der Waals surface area contributed by atoms with Gasteiger partial charge in [0.2, 0.25) is 5.91 Å². The van der Waals surface area contributed by atoms with Gasteiger partial charge in [0.15, 0.2) is 11.5 Å². The average molecular weight is 264 g/mol. The van der Waals surface area contributed by atoms with E-state index >= 15 is 0 Å². The Balaban J connectivity index is 1.99. The molecule has 0 aliphatic heterocycles. The lowest BCUT2D eigenvalue weighted by Crippen LogP contribution is -2.21. The van der Waals surface area contributed by atoms with E-state index in [1.165, 1.54) is 0 Å². The Morgan fingerprint density at radius 2 is 2.42 bits per heavy atom. The smallest absolute Gasteiger partial charge is 0.243 e. The second kappa shape index (κ2) is 6.01. The van der Waals surface area contributed by atoms with Crippen molar-refractivity contribution in [3.63, 3.8) is 0 Å². The van der Waals surface area contributed by atoms with Crippen molar-refractivity contribution >= 4 is 23.2 Å². The molecule has 0 aromatic carbocycles. The number of fused-ring (bicyclic) bond motifs is 1. The lowest BCUT2D eigenvalue weighted by atomic mass is 10.5. The first-order valence-corrected chi connectivity index (χ1v) is 5.82. The molecule has 102 valence electrons. The van der Waals surface area contributed by atoms with Crippen LogP contribution >= 0.6 is 0 Å². The summed E-state index contributed by atoms with van der Waals surface area (Å²) in [4.78, 5) is 19.1. The third-order valence-electron chi connectivity index (χ3n) is 2.41. The average Bonchev–Trinajstić information content (AvgIpc) is 2.85. The van der Waals surface area contributed by atoms with E-state index in [1.807, 2.05) is 16.8 Å². The van der Waals surface area contributed by atoms with Crippen LogP contribution in [0.1, 0.15) is 0 Å². The van der Waals surface area contributed by atoms with Crippen LogP contribution in [0.3, 0.4) is 0 Å². The van der Waals surface area contributed by atoms with Crippen molar-refractivity contribution in [1.29, 1.82) is 0 Å². The van der Waals surface area contributed by atoms with Crippen LogP contribution in [0.5, 0.6) is 0 Å². The predicted molar refractivity (Wildman–Crippen MR) is 71.0 cm³/mol. The van der Waals surface area contributed by atoms with Gasteiger partial charge >= 0.3 is 0 Å². The van der Waals surface area contributed by atoms with Crippen molar-refractivity contribution in [2.45, 2.75) is 0 Å². The fourth-order valence-electron chi connectivity index (χ4n) is 1.59. The zero-order chi connectivity index (χ0) is 13.7. The SMILES string of the molecule is CNc1cn2ccnc2c(NCCOCC(N)=O)n1. The fourth-order valence-corrected chi connectivity index (χ4v) is 1.59. The molecule has 0 spiro atoms. The first kappa shape index (κ1) is 13.1. The molecule has 0 aliphatic rings. The van der Waals surface area contributed by atoms with Crippen molar-refractivity contribution in [3.8, 4) is 0 Å². The fraction of sp³-hybridized carbons (Fsp3) is 0.364. The number of hydrogen-bond donors (Lipinski definition) is 3. The number of nitrogens with one attached hydrogen (secondary N) is 2. The van der Waals surface area contributed by atoms with E-state index in [9.17, 15) is 4.79 Å². The van der Waals surface area contributed by atoms with Gasteiger partial charge in [-0.05, 0) is 0 Å². The number of amides is 1. The maximum Gasteiger partial charge on any atom is 0.243 e. The van der Waals surface area contributed by atoms with E-state index < -0.39 is 5.91 Å². The van der Waals surface area contributed by atoms with Gasteiger partial charge in [-0.3, -0.25) is 4.79 Å². The molecular weight excluding hydrogens is 248 g/mol. The molecule has 8 nitrogen and oxygen atoms in total. The molecule has 1 amide bonds. The van der Waals surface area contributed by atoms with Gasteiger partial charge in [0.25, 0.3) is 0 Å². The summed E-state index contributed by atoms with van der Waals surface area (Å²) in [6, 6.07) is 0. The number of nitrogens with two attached hydrogens (primary N) is 1. The molecule has 4 N–H and O–H groups in total. The summed E-state index contributed by atoms with van der Waals surface area (Å²) in [7, 11) is 1.80. The molecule has 0 fully saturated rings. The van der Waals surface area contributed by atoms with Crippen LogP contribution in [0.2, 0.25) is 0 Å². The van der Waals surface area contributed by atoms with Crippen LogP contribution in [0, 0.1) is 0 Å². The van der Waals surface area contributed by atoms with Crippen LogP contribution < -0.4 is 16.4 Å². The number of aromatic nitrogens is 3. The lowest BCUT2D eigenvalue weighted by molar-refractivity contribution is -0.122. The van der Waals surface area contributed by atoms with Gasteiger partial charge < -0.3 is 25.5 Å². The quantitative estimate of drug-likeness (QED) is 0.592. The second-order valence-electron chi connectivity index (χ2n) is 3.83. The molecule has 0 atom stereocenters. The number of hydrogen-bond acceptors (Lipinski definition) is 6. The Morgan fingerprint density at radius 1 is 1.58 bits per heavy atom. The molecule has 2 aromatic heterocycles. The minimum atomic E-state index is -0.481. The van der Waals surface area contributed by atoms with Crippen molar-refractivity contribution in [2.75, 3.05) is 37.4 Å². The molecule has 0 radical (unpaired) electrons. The number of carbonyl (C=O) groups excluding carboxylic acids is 1. The van der Waals surface area contributed by atoms with Gasteiger partial charge in [-0.25, -0.2) is 9.97 Å². The molecule has 0 bridgehead atoms. The molecule has 0 saturated heterocycles. The standard InChI is InChI=1S/C11H16N6O2/c1-13-9-6-17-4-2-15-11(17)10(16-9)14-3-5-19-7-8(12)18/h2,4,6,13H,3,5,7H2,1H3,(H2,12,18)(H,14,16). The van der Waals surface area contributed by atoms with Crippen molar-refractivity contribution in [3.05, 3.63) is 18.6 Å². The molecule has 19 heavy (non-hydrogen) atoms. The summed E-state index contributed by atoms with van der Waals surface area (Å²) in [5.41, 5.74) is 5.70. The number of rotatable bonds is 7. The number of ether oxygens (including phenoxy) is 1. The Hall–Kier alpha value is -2.35. The monoisotopic (exact) mass is 264 g/mol. The van der Waals surface area contributed by atoms with Gasteiger partial charge in [-0.1, -0.05) is 0 Å². The number of carbonyl (C=O) groups is 1. The molecule has 0 saturated carbocycles. The Morgan fingerprint density at radius 3 is 3.16 bits per heavy atom. The van der Waals surface area contributed by atoms with Gasteiger partial charge in [-0.15, -0.1) is 0 Å². The highest BCUT2D eigenvalue weighted by Crippen LogP contribution is 2.15. The molecule has 0 aliphatic carbocycles. The van der Waals surface area contributed by atoms with E-state index in [1.54, 1.807) is 13.2 Å². The summed E-state index contributed by atoms with van der Waals surface area (Å²) < 4.78 is 6.93. The zero-order valence-corrected chi connectivity index (χ0v) is 10.6. The van der Waals surface area contributed by atoms with Crippen LogP contribution in [0.4, 0.5) is 11.6 Å². The van der Waals surface area contributed by atoms with E-state index in [2.05, 4.69) is 20.6 Å². The zero-order valence-electron chi connectivity index (χ0n) is 10.6. The van der Waals surface area contributed by atoms with Crippen LogP contribution in [0.15, 0.2) is 18.6 Å². The Kier molecular flexibility index (Phi) is 4.14. The van der Waals surface area contributed by atoms with Crippen LogP contribution in [0.25, 0.3) is 5.65 Å². The van der Waals surface area contributed by atoms with Crippen molar-refractivity contribution in [2.24, 2.45) is 5.73 Å². The van der Waals surface area contributed by atoms with Gasteiger partial charge in [0, 0.05) is 26.0 Å². The van der Waals surface area contributed by atoms with E-state index in [4.69, 9.17) is 10.5 Å². The maximum atomic E-state index is 10.5. The summed E-state index contributed by atoms with van der Waals surface area (Å²) in [5, 5.41) is 6.08. The van der Waals surface area contributed by atoms with Crippen molar-refractivity contribution < 1.29 is 9.53 Å². The van der Waals surface area contributed by atoms with Gasteiger partial charge in [0.05, 0.1) is 12.8 Å². The molecular formula is C11H16N6O2. The first-order chi connectivity index (χ1) is 9.20. The molecule has 8 heteroatoms. The number of nitrogens with zero attached hydrogens (tertiary/aromatic N) is 3. The molecule has 0 unspecified atom stereocenters. The number of imidazole rings is 1. The summed E-state index contributed by atoms with van der Waals surface area (Å²) in [5.74, 6) is 0.900. The highest BCUT2D eigenvalue weighted by Gasteiger charge is 2.06. The molecule has 2 rings (SSSR count). The second-order valence-corrected chi connectivity index (χ2v) is 3.83. The minimum absolute atomic E-state index is 0.0789. The van der Waals surface area contributed by atoms with Gasteiger partial charge in [-0.2, -0.15) is 0 Å². The Labute approximate surface area is 110 Å². The summed E-state index contributed by atoms with van der Waals surface area (Å²) >= 11 is 0. The maximum absolute atomic E-state index is 10.5. The van der Waals surface area contributed by atoms with Crippen LogP contribution in [-0.4, -0.2) is 47.1 Å². The van der Waals surface area contributed by atoms with Crippen molar-refractivity contribution in [1.82, 2.24) is 14.4 Å². The highest BCUT2D eigenvalue weighted by molar-refractivity contribution is 5.75. The van der Waals surface area contributed by atoms with E-state index in [0.717, 1.165) is 11.5 Å². The first-order valence-electron chi connectivity index (χ1n) is 5.82. The predicted octanol–water partition coefficient (Wildman–Crippen LogP) is -0.315. The van der Waals surface area contributed by atoms with E-state index in [-0.39, 0.29) is 6.61 Å². The normalized spacial score (nSPS) is 10.6. The summed E-state index contributed by atoms with van der Waals surface area (Å²) in [6.45, 7) is 0.793. The van der Waals surface area contributed by atoms with Crippen LogP contribution in [-0.2, 0) is 9.53 Å².